The zero-order valence-corrected chi connectivity index (χ0v) is 5.82. The Morgan fingerprint density at radius 1 is 1.25 bits per heavy atom. The molecule has 0 N–H and O–H groups in total. The van der Waals surface area contributed by atoms with E-state index in [9.17, 15) is 0 Å². The molecular weight excluding hydrogens is 134 g/mol. The van der Waals surface area contributed by atoms with Crippen molar-refractivity contribution < 1.29 is 0 Å². The molecule has 0 nitrogen and oxygen atoms in total. The van der Waals surface area contributed by atoms with Crippen LogP contribution >= 0.6 is 12.4 Å². The molecule has 0 spiro atoms. The summed E-state index contributed by atoms with van der Waals surface area (Å²) in [5.74, 6) is 0. The minimum Gasteiger partial charge on any atom is -0.147 e. The van der Waals surface area contributed by atoms with Crippen molar-refractivity contribution in [1.29, 1.82) is 0 Å². The van der Waals surface area contributed by atoms with E-state index in [4.69, 9.17) is 0 Å². The van der Waals surface area contributed by atoms with Crippen LogP contribution in [0.15, 0.2) is 0 Å². The third-order valence-electron chi connectivity index (χ3n) is 0. The molecule has 0 aliphatic rings. The quantitative estimate of drug-likeness (QED) is 0.442. The number of halogens is 1. The zero-order chi connectivity index (χ0) is 2.71. The Bertz CT molecular complexity index is 6.00. The molecule has 0 aromatic rings. The summed E-state index contributed by atoms with van der Waals surface area (Å²) in [5, 5.41) is 0. The maximum atomic E-state index is 2.25. The summed E-state index contributed by atoms with van der Waals surface area (Å²) in [5.41, 5.74) is 4.50. The molecule has 0 unspecified atom stereocenters. The van der Waals surface area contributed by atoms with E-state index in [2.05, 4.69) is 11.4 Å². The molecule has 0 amide bonds. The van der Waals surface area contributed by atoms with Gasteiger partial charge in [0.05, 0.1) is 0 Å². The molecule has 0 heterocycles. The average Bonchev–Trinajstić information content (AvgIpc) is 0.918. The molecule has 0 radical (unpaired) electrons. The predicted octanol–water partition coefficient (Wildman–Crippen LogP) is 0.941. The Kier molecular flexibility index (Phi) is 20.2. The number of hydrogen-bond donors (Lipinski definition) is 0. The number of hydrogen-bond acceptors (Lipinski definition) is 0. The van der Waals surface area contributed by atoms with Gasteiger partial charge in [-0.2, -0.15) is 0 Å². The largest absolute Gasteiger partial charge is 0.147 e. The van der Waals surface area contributed by atoms with Gasteiger partial charge in [-0.15, -0.1) is 12.4 Å². The fraction of sp³-hybridized carbons (Fsp3) is 1.00. The van der Waals surface area contributed by atoms with Crippen LogP contribution in [0.3, 0.4) is 0 Å². The second-order valence-electron chi connectivity index (χ2n) is 0.500. The molecule has 28 valence electrons. The van der Waals surface area contributed by atoms with Crippen LogP contribution in [-0.4, -0.2) is 15.8 Å². The predicted molar refractivity (Wildman–Crippen MR) is 26.1 cm³/mol. The summed E-state index contributed by atoms with van der Waals surface area (Å²) < 4.78 is 0. The van der Waals surface area contributed by atoms with E-state index in [0.29, 0.717) is 15.8 Å². The number of rotatable bonds is 0. The normalized spacial score (nSPS) is 4.50. The molecular formula is C2H8AsCl. The second kappa shape index (κ2) is 9.14. The maximum absolute atomic E-state index is 2.25. The molecule has 2 heteroatoms. The molecule has 4 heavy (non-hydrogen) atoms. The molecule has 0 bridgehead atoms. The third-order valence-corrected chi connectivity index (χ3v) is 0. The fourth-order valence-electron chi connectivity index (χ4n) is 0. The van der Waals surface area contributed by atoms with Crippen LogP contribution in [0.1, 0.15) is 0 Å². The van der Waals surface area contributed by atoms with Gasteiger partial charge in [-0.3, -0.25) is 0 Å². The van der Waals surface area contributed by atoms with Gasteiger partial charge in [-0.1, -0.05) is 0 Å². The first-order valence-electron chi connectivity index (χ1n) is 1.00. The van der Waals surface area contributed by atoms with E-state index in [1.54, 1.807) is 0 Å². The maximum Gasteiger partial charge on any atom is -0.147 e. The van der Waals surface area contributed by atoms with E-state index in [0.717, 1.165) is 0 Å². The van der Waals surface area contributed by atoms with Gasteiger partial charge in [0, 0.05) is 0 Å². The molecule has 0 saturated carbocycles. The van der Waals surface area contributed by atoms with E-state index in [-0.39, 0.29) is 12.4 Å². The smallest absolute Gasteiger partial charge is 0.147 e. The minimum atomic E-state index is 0. The van der Waals surface area contributed by atoms with Gasteiger partial charge in [0.25, 0.3) is 0 Å². The van der Waals surface area contributed by atoms with Crippen LogP contribution in [0, 0.1) is 0 Å². The van der Waals surface area contributed by atoms with Gasteiger partial charge in [0.2, 0.25) is 0 Å². The van der Waals surface area contributed by atoms with Crippen LogP contribution in [0.2, 0.25) is 11.4 Å². The van der Waals surface area contributed by atoms with Crippen molar-refractivity contribution in [2.75, 3.05) is 0 Å². The summed E-state index contributed by atoms with van der Waals surface area (Å²) in [4.78, 5) is 0. The van der Waals surface area contributed by atoms with Crippen LogP contribution in [0.25, 0.3) is 0 Å². The van der Waals surface area contributed by atoms with Gasteiger partial charge >= 0.3 is 27.2 Å². The molecule has 0 saturated heterocycles. The van der Waals surface area contributed by atoms with Crippen molar-refractivity contribution in [2.24, 2.45) is 0 Å². The minimum absolute atomic E-state index is 0. The van der Waals surface area contributed by atoms with Crippen molar-refractivity contribution in [3.8, 4) is 0 Å². The average molecular weight is 142 g/mol. The zero-order valence-electron chi connectivity index (χ0n) is 2.91. The SMILES string of the molecule is C[AsH]C.Cl. The van der Waals surface area contributed by atoms with Gasteiger partial charge in [-0.05, 0) is 0 Å². The fourth-order valence-corrected chi connectivity index (χ4v) is 0. The topological polar surface area (TPSA) is 0 Å². The molecule has 0 rings (SSSR count). The van der Waals surface area contributed by atoms with E-state index >= 15 is 0 Å². The van der Waals surface area contributed by atoms with E-state index < -0.39 is 0 Å². The molecule has 0 atom stereocenters. The van der Waals surface area contributed by atoms with Gasteiger partial charge in [0.15, 0.2) is 0 Å². The monoisotopic (exact) mass is 142 g/mol. The summed E-state index contributed by atoms with van der Waals surface area (Å²) in [6.45, 7) is 0. The van der Waals surface area contributed by atoms with Gasteiger partial charge in [0.1, 0.15) is 0 Å². The molecule has 0 aromatic carbocycles. The summed E-state index contributed by atoms with van der Waals surface area (Å²) in [6, 6.07) is 0. The first-order valence-corrected chi connectivity index (χ1v) is 5.20. The third kappa shape index (κ3) is 13.5. The Morgan fingerprint density at radius 3 is 1.25 bits per heavy atom. The van der Waals surface area contributed by atoms with E-state index in [1.807, 2.05) is 0 Å². The molecule has 0 aliphatic heterocycles. The summed E-state index contributed by atoms with van der Waals surface area (Å²) in [6.07, 6.45) is 0. The first-order chi connectivity index (χ1) is 1.41. The second-order valence-corrected chi connectivity index (χ2v) is 2.60. The Labute approximate surface area is 40.1 Å². The van der Waals surface area contributed by atoms with Gasteiger partial charge < -0.3 is 0 Å². The van der Waals surface area contributed by atoms with Crippen LogP contribution in [0.5, 0.6) is 0 Å². The van der Waals surface area contributed by atoms with Crippen LogP contribution in [-0.2, 0) is 0 Å². The summed E-state index contributed by atoms with van der Waals surface area (Å²) >= 11 is 0.500. The standard InChI is InChI=1S/C2H7As.ClH/c1-3-2;/h3H,1-2H3;1H. The van der Waals surface area contributed by atoms with Crippen molar-refractivity contribution in [3.05, 3.63) is 0 Å². The van der Waals surface area contributed by atoms with Crippen molar-refractivity contribution in [3.63, 3.8) is 0 Å². The molecule has 0 aliphatic carbocycles. The molecule has 0 aromatic heterocycles. The van der Waals surface area contributed by atoms with Crippen molar-refractivity contribution >= 4 is 28.2 Å². The van der Waals surface area contributed by atoms with Crippen molar-refractivity contribution in [2.45, 2.75) is 11.4 Å². The summed E-state index contributed by atoms with van der Waals surface area (Å²) in [7, 11) is 0. The Balaban J connectivity index is 0. The first kappa shape index (κ1) is 8.85. The molecule has 0 fully saturated rings. The van der Waals surface area contributed by atoms with E-state index in [1.165, 1.54) is 0 Å². The Hall–Kier alpha value is 0.848. The van der Waals surface area contributed by atoms with Crippen LogP contribution in [0.4, 0.5) is 0 Å². The Morgan fingerprint density at radius 2 is 1.25 bits per heavy atom. The van der Waals surface area contributed by atoms with Gasteiger partial charge in [-0.25, -0.2) is 0 Å². The van der Waals surface area contributed by atoms with Crippen LogP contribution < -0.4 is 0 Å². The van der Waals surface area contributed by atoms with Crippen molar-refractivity contribution in [1.82, 2.24) is 0 Å².